The van der Waals surface area contributed by atoms with Crippen molar-refractivity contribution in [2.75, 3.05) is 13.7 Å². The summed E-state index contributed by atoms with van der Waals surface area (Å²) in [5.41, 5.74) is 1.08. The van der Waals surface area contributed by atoms with E-state index in [1.807, 2.05) is 37.4 Å². The van der Waals surface area contributed by atoms with Gasteiger partial charge in [0.05, 0.1) is 20.3 Å². The lowest BCUT2D eigenvalue weighted by molar-refractivity contribution is 0.0563. The molecule has 22 heavy (non-hydrogen) atoms. The Morgan fingerprint density at radius 1 is 1.23 bits per heavy atom. The van der Waals surface area contributed by atoms with Gasteiger partial charge in [0.25, 0.3) is 0 Å². The zero-order valence-corrected chi connectivity index (χ0v) is 12.5. The Labute approximate surface area is 128 Å². The SMILES string of the molecule is CCOc1ccc2c(ccn2Cc2ccc(C(=O)OC)o2)c1. The molecule has 0 aliphatic rings. The van der Waals surface area contributed by atoms with E-state index in [0.29, 0.717) is 18.9 Å². The van der Waals surface area contributed by atoms with Crippen LogP contribution in [-0.4, -0.2) is 24.3 Å². The Hall–Kier alpha value is -2.69. The number of benzene rings is 1. The van der Waals surface area contributed by atoms with Gasteiger partial charge in [0.15, 0.2) is 0 Å². The number of nitrogens with zero attached hydrogens (tertiary/aromatic N) is 1. The van der Waals surface area contributed by atoms with Gasteiger partial charge in [0.1, 0.15) is 11.5 Å². The summed E-state index contributed by atoms with van der Waals surface area (Å²) in [7, 11) is 1.33. The first-order chi connectivity index (χ1) is 10.7. The highest BCUT2D eigenvalue weighted by atomic mass is 16.5. The fourth-order valence-corrected chi connectivity index (χ4v) is 2.41. The van der Waals surface area contributed by atoms with Gasteiger partial charge in [0, 0.05) is 17.1 Å². The maximum atomic E-state index is 11.4. The zero-order chi connectivity index (χ0) is 15.5. The molecule has 2 aromatic heterocycles. The van der Waals surface area contributed by atoms with E-state index in [1.54, 1.807) is 12.1 Å². The first-order valence-electron chi connectivity index (χ1n) is 7.10. The summed E-state index contributed by atoms with van der Waals surface area (Å²) in [6.07, 6.45) is 1.99. The lowest BCUT2D eigenvalue weighted by atomic mass is 10.2. The summed E-state index contributed by atoms with van der Waals surface area (Å²) >= 11 is 0. The average molecular weight is 299 g/mol. The highest BCUT2D eigenvalue weighted by Gasteiger charge is 2.12. The Morgan fingerprint density at radius 2 is 2.09 bits per heavy atom. The Kier molecular flexibility index (Phi) is 3.87. The number of fused-ring (bicyclic) bond motifs is 1. The molecule has 0 saturated carbocycles. The second-order valence-electron chi connectivity index (χ2n) is 4.85. The number of esters is 1. The fourth-order valence-electron chi connectivity index (χ4n) is 2.41. The standard InChI is InChI=1S/C17H17NO4/c1-3-21-13-4-6-15-12(10-13)8-9-18(15)11-14-5-7-16(22-14)17(19)20-2/h4-10H,3,11H2,1-2H3. The van der Waals surface area contributed by atoms with Gasteiger partial charge in [-0.1, -0.05) is 0 Å². The largest absolute Gasteiger partial charge is 0.494 e. The molecule has 2 heterocycles. The van der Waals surface area contributed by atoms with E-state index in [9.17, 15) is 4.79 Å². The zero-order valence-electron chi connectivity index (χ0n) is 12.5. The molecule has 5 nitrogen and oxygen atoms in total. The molecule has 0 spiro atoms. The van der Waals surface area contributed by atoms with Crippen LogP contribution in [0.5, 0.6) is 5.75 Å². The number of furan rings is 1. The van der Waals surface area contributed by atoms with Crippen molar-refractivity contribution in [2.24, 2.45) is 0 Å². The minimum atomic E-state index is -0.468. The molecule has 0 amide bonds. The van der Waals surface area contributed by atoms with Crippen LogP contribution in [0.15, 0.2) is 47.0 Å². The van der Waals surface area contributed by atoms with Crippen LogP contribution in [0.2, 0.25) is 0 Å². The molecule has 3 aromatic rings. The second-order valence-corrected chi connectivity index (χ2v) is 4.85. The van der Waals surface area contributed by atoms with Crippen LogP contribution in [0.1, 0.15) is 23.2 Å². The molecule has 5 heteroatoms. The van der Waals surface area contributed by atoms with Gasteiger partial charge in [-0.05, 0) is 43.3 Å². The van der Waals surface area contributed by atoms with Crippen LogP contribution >= 0.6 is 0 Å². The average Bonchev–Trinajstić information content (AvgIpc) is 3.15. The van der Waals surface area contributed by atoms with Gasteiger partial charge in [-0.25, -0.2) is 4.79 Å². The summed E-state index contributed by atoms with van der Waals surface area (Å²) in [5, 5.41) is 1.10. The fraction of sp³-hybridized carbons (Fsp3) is 0.235. The first kappa shape index (κ1) is 14.3. The molecule has 114 valence electrons. The van der Waals surface area contributed by atoms with E-state index < -0.39 is 5.97 Å². The predicted molar refractivity (Wildman–Crippen MR) is 82.3 cm³/mol. The van der Waals surface area contributed by atoms with Crippen LogP contribution in [-0.2, 0) is 11.3 Å². The molecule has 0 aliphatic heterocycles. The Morgan fingerprint density at radius 3 is 2.86 bits per heavy atom. The van der Waals surface area contributed by atoms with E-state index in [2.05, 4.69) is 9.30 Å². The quantitative estimate of drug-likeness (QED) is 0.677. The first-order valence-corrected chi connectivity index (χ1v) is 7.10. The van der Waals surface area contributed by atoms with Crippen molar-refractivity contribution in [3.05, 3.63) is 54.1 Å². The topological polar surface area (TPSA) is 53.6 Å². The molecule has 0 radical (unpaired) electrons. The minimum absolute atomic E-state index is 0.215. The smallest absolute Gasteiger partial charge is 0.373 e. The maximum absolute atomic E-state index is 11.4. The summed E-state index contributed by atoms with van der Waals surface area (Å²) in [6, 6.07) is 11.4. The number of methoxy groups -OCH3 is 1. The molecular weight excluding hydrogens is 282 g/mol. The Bertz CT molecular complexity index is 800. The lowest BCUT2D eigenvalue weighted by Gasteiger charge is -2.05. The van der Waals surface area contributed by atoms with Gasteiger partial charge in [-0.15, -0.1) is 0 Å². The van der Waals surface area contributed by atoms with Crippen LogP contribution in [0.3, 0.4) is 0 Å². The highest BCUT2D eigenvalue weighted by Crippen LogP contribution is 2.23. The van der Waals surface area contributed by atoms with Gasteiger partial charge >= 0.3 is 5.97 Å². The summed E-state index contributed by atoms with van der Waals surface area (Å²) in [4.78, 5) is 11.4. The molecule has 1 aromatic carbocycles. The van der Waals surface area contributed by atoms with Crippen molar-refractivity contribution in [1.82, 2.24) is 4.57 Å². The third-order valence-corrected chi connectivity index (χ3v) is 3.43. The molecule has 0 N–H and O–H groups in total. The molecule has 0 fully saturated rings. The van der Waals surface area contributed by atoms with Crippen LogP contribution in [0, 0.1) is 0 Å². The number of rotatable bonds is 5. The summed E-state index contributed by atoms with van der Waals surface area (Å²) < 4.78 is 17.7. The van der Waals surface area contributed by atoms with Crippen molar-refractivity contribution in [3.63, 3.8) is 0 Å². The Balaban J connectivity index is 1.84. The number of carbonyl (C=O) groups excluding carboxylic acids is 1. The minimum Gasteiger partial charge on any atom is -0.494 e. The van der Waals surface area contributed by atoms with Crippen molar-refractivity contribution >= 4 is 16.9 Å². The predicted octanol–water partition coefficient (Wildman–Crippen LogP) is 3.47. The van der Waals surface area contributed by atoms with Crippen molar-refractivity contribution in [3.8, 4) is 5.75 Å². The molecule has 0 bridgehead atoms. The van der Waals surface area contributed by atoms with E-state index >= 15 is 0 Å². The molecule has 0 atom stereocenters. The van der Waals surface area contributed by atoms with E-state index in [0.717, 1.165) is 16.7 Å². The molecule has 0 saturated heterocycles. The van der Waals surface area contributed by atoms with Gasteiger partial charge in [-0.2, -0.15) is 0 Å². The van der Waals surface area contributed by atoms with Crippen molar-refractivity contribution in [1.29, 1.82) is 0 Å². The maximum Gasteiger partial charge on any atom is 0.373 e. The normalized spacial score (nSPS) is 10.8. The highest BCUT2D eigenvalue weighted by molar-refractivity contribution is 5.86. The number of hydrogen-bond donors (Lipinski definition) is 0. The van der Waals surface area contributed by atoms with E-state index in [-0.39, 0.29) is 5.76 Å². The second kappa shape index (κ2) is 5.97. The lowest BCUT2D eigenvalue weighted by Crippen LogP contribution is -1.99. The molecule has 3 rings (SSSR count). The number of hydrogen-bond acceptors (Lipinski definition) is 4. The summed E-state index contributed by atoms with van der Waals surface area (Å²) in [5.74, 6) is 1.31. The van der Waals surface area contributed by atoms with Crippen LogP contribution in [0.25, 0.3) is 10.9 Å². The number of carbonyl (C=O) groups is 1. The molecular formula is C17H17NO4. The van der Waals surface area contributed by atoms with Gasteiger partial charge in [-0.3, -0.25) is 0 Å². The number of ether oxygens (including phenoxy) is 2. The van der Waals surface area contributed by atoms with E-state index in [1.165, 1.54) is 7.11 Å². The number of aromatic nitrogens is 1. The molecule has 0 aliphatic carbocycles. The van der Waals surface area contributed by atoms with Crippen molar-refractivity contribution < 1.29 is 18.7 Å². The van der Waals surface area contributed by atoms with Crippen LogP contribution in [0.4, 0.5) is 0 Å². The summed E-state index contributed by atoms with van der Waals surface area (Å²) in [6.45, 7) is 3.16. The molecule has 0 unspecified atom stereocenters. The third kappa shape index (κ3) is 2.70. The monoisotopic (exact) mass is 299 g/mol. The van der Waals surface area contributed by atoms with E-state index in [4.69, 9.17) is 9.15 Å². The van der Waals surface area contributed by atoms with Crippen LogP contribution < -0.4 is 4.74 Å². The van der Waals surface area contributed by atoms with Crippen molar-refractivity contribution in [2.45, 2.75) is 13.5 Å². The third-order valence-electron chi connectivity index (χ3n) is 3.43. The van der Waals surface area contributed by atoms with Gasteiger partial charge < -0.3 is 18.5 Å². The van der Waals surface area contributed by atoms with Gasteiger partial charge in [0.2, 0.25) is 5.76 Å².